The lowest BCUT2D eigenvalue weighted by Crippen LogP contribution is -2.42. The Kier molecular flexibility index (Phi) is 14.3. The van der Waals surface area contributed by atoms with Crippen LogP contribution in [-0.4, -0.2) is 52.9 Å². The first kappa shape index (κ1) is 42.0. The fourth-order valence-electron chi connectivity index (χ4n) is 6.36. The maximum absolute atomic E-state index is 13.2. The number of esters is 1. The molecule has 1 atom stereocenters. The molecule has 12 heteroatoms. The lowest BCUT2D eigenvalue weighted by molar-refractivity contribution is -0.149. The van der Waals surface area contributed by atoms with Crippen molar-refractivity contribution in [3.8, 4) is 34.1 Å². The second-order valence-corrected chi connectivity index (χ2v) is 15.7. The van der Waals surface area contributed by atoms with E-state index in [1.54, 1.807) is 24.4 Å². The number of pyridine rings is 1. The van der Waals surface area contributed by atoms with Crippen LogP contribution in [0.3, 0.4) is 0 Å². The topological polar surface area (TPSA) is 128 Å². The molecule has 0 saturated heterocycles. The van der Waals surface area contributed by atoms with Gasteiger partial charge >= 0.3 is 5.97 Å². The molecule has 10 nitrogen and oxygen atoms in total. The van der Waals surface area contributed by atoms with Gasteiger partial charge in [0.15, 0.2) is 0 Å². The van der Waals surface area contributed by atoms with E-state index in [0.29, 0.717) is 58.2 Å². The molecule has 4 aromatic carbocycles. The summed E-state index contributed by atoms with van der Waals surface area (Å²) in [7, 11) is 0. The lowest BCUT2D eigenvalue weighted by atomic mass is 9.96. The highest BCUT2D eigenvalue weighted by Crippen LogP contribution is 2.39. The van der Waals surface area contributed by atoms with Crippen molar-refractivity contribution in [2.45, 2.75) is 53.4 Å². The molecule has 0 saturated carbocycles. The smallest absolute Gasteiger partial charge is 0.325 e. The summed E-state index contributed by atoms with van der Waals surface area (Å²) in [5.74, 6) is 0.625. The number of fused-ring (bicyclic) bond motifs is 1. The molecule has 58 heavy (non-hydrogen) atoms. The van der Waals surface area contributed by atoms with Gasteiger partial charge in [-0.05, 0) is 52.8 Å². The standard InChI is InChI=1S/C46H45Cl2N5O5/c1-29(2)25-56-28-42(46(55)58-26-30(3)4)51-21-35-16-41(47)36(17-44(35)57-27-33-15-32(18-49)19-50-20-33)23-53-43-10-6-8-38(40(43)22-52-53)39-9-5-7-37(45(39)48)34-13-11-31(24-54)12-14-34/h5-17,19-20,22,24,29-30,42,51H,21,23,25-28H2,1-4H3/t42-/m0/s1. The van der Waals surface area contributed by atoms with Crippen LogP contribution < -0.4 is 10.1 Å². The highest BCUT2D eigenvalue weighted by Gasteiger charge is 2.23. The monoisotopic (exact) mass is 817 g/mol. The normalized spacial score (nSPS) is 11.8. The van der Waals surface area contributed by atoms with Crippen LogP contribution in [0.5, 0.6) is 5.75 Å². The third-order valence-electron chi connectivity index (χ3n) is 9.32. The fraction of sp³-hybridized carbons (Fsp3) is 0.283. The molecule has 6 rings (SSSR count). The van der Waals surface area contributed by atoms with E-state index >= 15 is 0 Å². The van der Waals surface area contributed by atoms with Gasteiger partial charge in [-0.2, -0.15) is 10.4 Å². The summed E-state index contributed by atoms with van der Waals surface area (Å²) in [4.78, 5) is 28.6. The van der Waals surface area contributed by atoms with Gasteiger partial charge in [0, 0.05) is 63.8 Å². The van der Waals surface area contributed by atoms with Crippen molar-refractivity contribution in [3.05, 3.63) is 135 Å². The van der Waals surface area contributed by atoms with E-state index in [2.05, 4.69) is 16.4 Å². The Labute approximate surface area is 348 Å². The second-order valence-electron chi connectivity index (χ2n) is 14.9. The average molecular weight is 819 g/mol. The minimum atomic E-state index is -0.720. The number of halogens is 2. The summed E-state index contributed by atoms with van der Waals surface area (Å²) in [6.07, 6.45) is 5.79. The molecular weight excluding hydrogens is 773 g/mol. The SMILES string of the molecule is CC(C)COC[C@H](NCc1cc(Cl)c(Cn2ncc3c(-c4cccc(-c5ccc(C=O)cc5)c4Cl)cccc32)cc1OCc1cncc(C#N)c1)C(=O)OCC(C)C. The van der Waals surface area contributed by atoms with Gasteiger partial charge in [0.25, 0.3) is 0 Å². The van der Waals surface area contributed by atoms with Crippen LogP contribution in [0.2, 0.25) is 10.0 Å². The molecule has 0 bridgehead atoms. The number of nitrogens with one attached hydrogen (secondary N) is 1. The first-order valence-electron chi connectivity index (χ1n) is 19.1. The van der Waals surface area contributed by atoms with Gasteiger partial charge in [-0.1, -0.05) is 105 Å². The van der Waals surface area contributed by atoms with E-state index in [0.717, 1.165) is 50.6 Å². The highest BCUT2D eigenvalue weighted by atomic mass is 35.5. The van der Waals surface area contributed by atoms with Gasteiger partial charge < -0.3 is 14.2 Å². The number of aromatic nitrogens is 3. The minimum absolute atomic E-state index is 0.141. The number of ether oxygens (including phenoxy) is 3. The average Bonchev–Trinajstić information content (AvgIpc) is 3.64. The maximum atomic E-state index is 13.2. The molecule has 0 fully saturated rings. The maximum Gasteiger partial charge on any atom is 0.325 e. The molecular formula is C46H45Cl2N5O5. The van der Waals surface area contributed by atoms with E-state index in [-0.39, 0.29) is 25.7 Å². The van der Waals surface area contributed by atoms with E-state index in [4.69, 9.17) is 42.5 Å². The van der Waals surface area contributed by atoms with Crippen molar-refractivity contribution in [1.29, 1.82) is 5.26 Å². The van der Waals surface area contributed by atoms with Crippen molar-refractivity contribution < 1.29 is 23.8 Å². The highest BCUT2D eigenvalue weighted by molar-refractivity contribution is 6.36. The van der Waals surface area contributed by atoms with E-state index in [1.165, 1.54) is 6.20 Å². The quantitative estimate of drug-likeness (QED) is 0.0666. The molecule has 6 aromatic rings. The molecule has 1 N–H and O–H groups in total. The van der Waals surface area contributed by atoms with Crippen LogP contribution in [0.1, 0.15) is 60.3 Å². The van der Waals surface area contributed by atoms with Crippen molar-refractivity contribution in [2.24, 2.45) is 11.8 Å². The van der Waals surface area contributed by atoms with Crippen molar-refractivity contribution in [1.82, 2.24) is 20.1 Å². The first-order chi connectivity index (χ1) is 28.0. The Morgan fingerprint density at radius 3 is 2.36 bits per heavy atom. The number of nitrogens with zero attached hydrogens (tertiary/aromatic N) is 4. The van der Waals surface area contributed by atoms with Crippen LogP contribution in [0.4, 0.5) is 0 Å². The number of carbonyl (C=O) groups is 2. The summed E-state index contributed by atoms with van der Waals surface area (Å²) in [6, 6.07) is 26.1. The molecule has 0 aliphatic rings. The van der Waals surface area contributed by atoms with Gasteiger partial charge in [0.1, 0.15) is 30.8 Å². The predicted octanol–water partition coefficient (Wildman–Crippen LogP) is 9.71. The molecule has 0 amide bonds. The van der Waals surface area contributed by atoms with Crippen LogP contribution in [0, 0.1) is 23.2 Å². The molecule has 2 heterocycles. The zero-order chi connectivity index (χ0) is 41.2. The van der Waals surface area contributed by atoms with Crippen LogP contribution in [0.25, 0.3) is 33.2 Å². The summed E-state index contributed by atoms with van der Waals surface area (Å²) in [5, 5.41) is 19.5. The first-order valence-corrected chi connectivity index (χ1v) is 19.8. The molecule has 0 spiro atoms. The summed E-state index contributed by atoms with van der Waals surface area (Å²) >= 11 is 14.1. The molecule has 0 radical (unpaired) electrons. The van der Waals surface area contributed by atoms with E-state index in [1.807, 2.05) is 99.2 Å². The fourth-order valence-corrected chi connectivity index (χ4v) is 6.95. The van der Waals surface area contributed by atoms with Crippen molar-refractivity contribution >= 4 is 46.4 Å². The number of hydrogen-bond donors (Lipinski definition) is 1. The Morgan fingerprint density at radius 2 is 1.62 bits per heavy atom. The second kappa shape index (κ2) is 19.7. The Morgan fingerprint density at radius 1 is 0.879 bits per heavy atom. The minimum Gasteiger partial charge on any atom is -0.489 e. The van der Waals surface area contributed by atoms with Gasteiger partial charge in [0.2, 0.25) is 0 Å². The van der Waals surface area contributed by atoms with Gasteiger partial charge in [0.05, 0.1) is 42.1 Å². The third kappa shape index (κ3) is 10.5. The van der Waals surface area contributed by atoms with Crippen LogP contribution in [-0.2, 0) is 34.0 Å². The molecule has 0 unspecified atom stereocenters. The summed E-state index contributed by atoms with van der Waals surface area (Å²) in [6.45, 7) is 9.70. The number of aldehydes is 1. The van der Waals surface area contributed by atoms with E-state index < -0.39 is 12.0 Å². The van der Waals surface area contributed by atoms with Crippen molar-refractivity contribution in [2.75, 3.05) is 19.8 Å². The molecule has 2 aromatic heterocycles. The number of rotatable bonds is 18. The number of carbonyl (C=O) groups excluding carboxylic acids is 2. The molecule has 0 aliphatic carbocycles. The van der Waals surface area contributed by atoms with Crippen LogP contribution >= 0.6 is 23.2 Å². The Balaban J connectivity index is 1.30. The molecule has 298 valence electrons. The zero-order valence-corrected chi connectivity index (χ0v) is 34.4. The summed E-state index contributed by atoms with van der Waals surface area (Å²) in [5.41, 5.74) is 7.62. The van der Waals surface area contributed by atoms with Crippen molar-refractivity contribution in [3.63, 3.8) is 0 Å². The van der Waals surface area contributed by atoms with E-state index in [9.17, 15) is 14.9 Å². The summed E-state index contributed by atoms with van der Waals surface area (Å²) < 4.78 is 19.7. The largest absolute Gasteiger partial charge is 0.489 e. The Hall–Kier alpha value is -5.57. The number of benzene rings is 4. The zero-order valence-electron chi connectivity index (χ0n) is 32.9. The molecule has 0 aliphatic heterocycles. The number of nitriles is 1. The van der Waals surface area contributed by atoms with Crippen LogP contribution in [0.15, 0.2) is 97.5 Å². The lowest BCUT2D eigenvalue weighted by Gasteiger charge is -2.21. The third-order valence-corrected chi connectivity index (χ3v) is 10.1. The van der Waals surface area contributed by atoms with Gasteiger partial charge in [-0.3, -0.25) is 24.6 Å². The predicted molar refractivity (Wildman–Crippen MR) is 227 cm³/mol. The number of hydrogen-bond acceptors (Lipinski definition) is 9. The Bertz CT molecular complexity index is 2420. The van der Waals surface area contributed by atoms with Gasteiger partial charge in [-0.15, -0.1) is 0 Å². The van der Waals surface area contributed by atoms with Gasteiger partial charge in [-0.25, -0.2) is 0 Å².